The van der Waals surface area contributed by atoms with Crippen LogP contribution in [0.2, 0.25) is 0 Å². The van der Waals surface area contributed by atoms with Crippen LogP contribution in [0, 0.1) is 24.0 Å². The van der Waals surface area contributed by atoms with Gasteiger partial charge in [0.05, 0.1) is 4.92 Å². The van der Waals surface area contributed by atoms with Crippen molar-refractivity contribution in [1.29, 1.82) is 0 Å². The fourth-order valence-corrected chi connectivity index (χ4v) is 9.04. The average molecular weight is 1270 g/mol. The fourth-order valence-electron chi connectivity index (χ4n) is 9.04. The van der Waals surface area contributed by atoms with E-state index in [0.717, 1.165) is 28.3 Å². The van der Waals surface area contributed by atoms with E-state index < -0.39 is 10.8 Å². The summed E-state index contributed by atoms with van der Waals surface area (Å²) in [5, 5.41) is 50.6. The summed E-state index contributed by atoms with van der Waals surface area (Å²) in [6.07, 6.45) is 0. The van der Waals surface area contributed by atoms with E-state index in [1.165, 1.54) is 42.5 Å². The quantitative estimate of drug-likeness (QED) is 0.0188. The summed E-state index contributed by atoms with van der Waals surface area (Å²) in [6.45, 7) is 11.3. The maximum absolute atomic E-state index is 12.3. The van der Waals surface area contributed by atoms with Crippen LogP contribution in [0.3, 0.4) is 0 Å². The number of nitrogens with zero attached hydrogens (tertiary/aromatic N) is 4. The normalized spacial score (nSPS) is 10.6. The lowest BCUT2D eigenvalue weighted by Crippen LogP contribution is -2.22. The van der Waals surface area contributed by atoms with E-state index in [9.17, 15) is 34.7 Å². The number of ether oxygens (including phenoxy) is 5. The maximum atomic E-state index is 12.3. The van der Waals surface area contributed by atoms with Crippen molar-refractivity contribution in [2.75, 3.05) is 31.1 Å². The van der Waals surface area contributed by atoms with Crippen LogP contribution in [0.5, 0.6) is 57.5 Å². The number of non-ortho nitro benzene ring substituents is 1. The Morgan fingerprint density at radius 1 is 0.468 bits per heavy atom. The summed E-state index contributed by atoms with van der Waals surface area (Å²) < 4.78 is 46.6. The highest BCUT2D eigenvalue weighted by Gasteiger charge is 2.26. The molecule has 0 fully saturated rings. The number of carbonyl (C=O) groups excluding carboxylic acids is 3. The number of benzene rings is 8. The number of nitro benzene ring substituents is 1. The van der Waals surface area contributed by atoms with Crippen molar-refractivity contribution in [3.8, 4) is 91.5 Å². The molecule has 0 aliphatic heterocycles. The predicted octanol–water partition coefficient (Wildman–Crippen LogP) is 13.9. The molecule has 480 valence electrons. The summed E-state index contributed by atoms with van der Waals surface area (Å²) in [5.41, 5.74) is 18.0. The third-order valence-corrected chi connectivity index (χ3v) is 13.4. The third-order valence-electron chi connectivity index (χ3n) is 13.4. The van der Waals surface area contributed by atoms with Gasteiger partial charge < -0.3 is 74.9 Å². The van der Waals surface area contributed by atoms with E-state index in [0.29, 0.717) is 101 Å². The summed E-state index contributed by atoms with van der Waals surface area (Å²) in [5.74, 6) is 2.72. The number of amides is 3. The van der Waals surface area contributed by atoms with Gasteiger partial charge in [0.15, 0.2) is 34.4 Å². The number of anilines is 2. The number of rotatable bonds is 22. The highest BCUT2D eigenvalue weighted by molar-refractivity contribution is 5.95. The molecule has 24 nitrogen and oxygen atoms in total. The number of hydrogen-bond donors (Lipinski definition) is 7. The Morgan fingerprint density at radius 2 is 0.809 bits per heavy atom. The van der Waals surface area contributed by atoms with Crippen LogP contribution in [0.4, 0.5) is 17.1 Å². The molecule has 3 amide bonds. The van der Waals surface area contributed by atoms with Gasteiger partial charge in [0.2, 0.25) is 0 Å². The third kappa shape index (κ3) is 17.4. The second-order valence-electron chi connectivity index (χ2n) is 20.7. The van der Waals surface area contributed by atoms with E-state index in [4.69, 9.17) is 48.7 Å². The first-order chi connectivity index (χ1) is 45.4. The SMILES string of the molecule is CCNC(=O)c1cc(-c2c(O)cc(O)cc2Oc2ccc(N)cc2)on1.CCNC(=O)c1cc(-c2c(OCc3ccccc3)cc(C)cc2Oc2ccc(N)cc2)on1.CCNC(=O)c1cc(-c2c(OCc3ccccc3)cc(C)cc2Oc2ccc([N+](=O)[O-])cc2)on1. The minimum absolute atomic E-state index is 0.0458. The van der Waals surface area contributed by atoms with Crippen molar-refractivity contribution < 1.29 is 66.8 Å². The van der Waals surface area contributed by atoms with E-state index in [2.05, 4.69) is 31.4 Å². The van der Waals surface area contributed by atoms with Crippen LogP contribution in [0.1, 0.15) is 74.5 Å². The first-order valence-electron chi connectivity index (χ1n) is 29.4. The number of phenolic OH excluding ortho intramolecular Hbond substituents is 2. The number of phenols is 2. The highest BCUT2D eigenvalue weighted by atomic mass is 16.6. The van der Waals surface area contributed by atoms with Gasteiger partial charge >= 0.3 is 0 Å². The minimum atomic E-state index is -0.477. The Bertz CT molecular complexity index is 4390. The lowest BCUT2D eigenvalue weighted by molar-refractivity contribution is -0.384. The second kappa shape index (κ2) is 31.2. The molecule has 8 aromatic carbocycles. The Kier molecular flexibility index (Phi) is 21.9. The van der Waals surface area contributed by atoms with Crippen LogP contribution in [0.15, 0.2) is 202 Å². The fraction of sp³-hybridized carbons (Fsp3) is 0.143. The van der Waals surface area contributed by atoms with Gasteiger partial charge in [-0.15, -0.1) is 0 Å². The van der Waals surface area contributed by atoms with Gasteiger partial charge in [-0.05, 0) is 142 Å². The number of nitro groups is 1. The molecule has 0 spiro atoms. The van der Waals surface area contributed by atoms with Crippen molar-refractivity contribution in [3.63, 3.8) is 0 Å². The van der Waals surface area contributed by atoms with E-state index in [-0.39, 0.29) is 68.9 Å². The summed E-state index contributed by atoms with van der Waals surface area (Å²) in [7, 11) is 0. The molecule has 3 heterocycles. The van der Waals surface area contributed by atoms with E-state index >= 15 is 0 Å². The molecule has 0 bridgehead atoms. The molecule has 11 rings (SSSR count). The molecule has 3 aromatic heterocycles. The minimum Gasteiger partial charge on any atom is -0.508 e. The summed E-state index contributed by atoms with van der Waals surface area (Å²) in [4.78, 5) is 46.9. The van der Waals surface area contributed by atoms with Crippen LogP contribution < -0.4 is 51.1 Å². The molecule has 9 N–H and O–H groups in total. The zero-order valence-electron chi connectivity index (χ0n) is 51.6. The van der Waals surface area contributed by atoms with Crippen LogP contribution in [-0.4, -0.2) is 68.0 Å². The summed E-state index contributed by atoms with van der Waals surface area (Å²) >= 11 is 0. The zero-order valence-corrected chi connectivity index (χ0v) is 51.6. The molecule has 0 atom stereocenters. The van der Waals surface area contributed by atoms with Crippen molar-refractivity contribution in [3.05, 3.63) is 238 Å². The van der Waals surface area contributed by atoms with Crippen LogP contribution in [0.25, 0.3) is 34.0 Å². The average Bonchev–Trinajstić information content (AvgIpc) is 1.54. The standard InChI is InChI=1S/C26H23N3O6.C26H25N3O4.C18H17N3O5/c1-3-27-26(30)21-15-24(35-28-21)25-22(33-16-18-7-5-4-6-8-18)13-17(2)14-23(25)34-20-11-9-19(10-12-20)29(31)32;1-3-28-26(30)21-15-24(33-29-21)25-22(31-16-18-7-5-4-6-8-18)13-17(2)14-23(25)32-20-11-9-19(27)10-12-20;1-2-20-18(24)13-9-16(26-21-13)17-14(23)7-11(22)8-15(17)25-12-5-3-10(19)4-6-12/h4-15H,3,16H2,1-2H3,(H,27,30);4-15H,3,16,27H2,1-2H3,(H,28,30);3-9,22-23H,2,19H2,1H3,(H,20,24). The Hall–Kier alpha value is -12.6. The number of nitrogen functional groups attached to an aromatic ring is 2. The molecule has 0 unspecified atom stereocenters. The molecule has 0 saturated carbocycles. The monoisotopic (exact) mass is 1270 g/mol. The van der Waals surface area contributed by atoms with Crippen LogP contribution in [-0.2, 0) is 13.2 Å². The van der Waals surface area contributed by atoms with Crippen molar-refractivity contribution in [1.82, 2.24) is 31.4 Å². The van der Waals surface area contributed by atoms with Gasteiger partial charge in [0, 0.05) is 73.5 Å². The van der Waals surface area contributed by atoms with Gasteiger partial charge in [-0.3, -0.25) is 24.5 Å². The van der Waals surface area contributed by atoms with Gasteiger partial charge in [0.1, 0.15) is 87.4 Å². The molecule has 0 saturated heterocycles. The first-order valence-corrected chi connectivity index (χ1v) is 29.4. The Morgan fingerprint density at radius 3 is 1.17 bits per heavy atom. The maximum Gasteiger partial charge on any atom is 0.273 e. The molecule has 11 aromatic rings. The molecule has 0 aliphatic carbocycles. The molecular formula is C70H65N9O15. The Labute approximate surface area is 538 Å². The van der Waals surface area contributed by atoms with E-state index in [1.54, 1.807) is 67.6 Å². The number of carbonyl (C=O) groups is 3. The predicted molar refractivity (Wildman–Crippen MR) is 349 cm³/mol. The Balaban J connectivity index is 0.000000168. The first kappa shape index (κ1) is 65.8. The smallest absolute Gasteiger partial charge is 0.273 e. The number of hydrogen-bond acceptors (Lipinski definition) is 20. The molecule has 94 heavy (non-hydrogen) atoms. The lowest BCUT2D eigenvalue weighted by Gasteiger charge is -2.16. The highest BCUT2D eigenvalue weighted by Crippen LogP contribution is 2.46. The van der Waals surface area contributed by atoms with E-state index in [1.807, 2.05) is 107 Å². The zero-order chi connectivity index (χ0) is 66.7. The molecular weight excluding hydrogens is 1210 g/mol. The van der Waals surface area contributed by atoms with Gasteiger partial charge in [0.25, 0.3) is 23.4 Å². The number of nitrogens with two attached hydrogens (primary N) is 2. The molecule has 0 radical (unpaired) electrons. The summed E-state index contributed by atoms with van der Waals surface area (Å²) in [6, 6.07) is 53.3. The van der Waals surface area contributed by atoms with Gasteiger partial charge in [-0.1, -0.05) is 76.1 Å². The topological polar surface area (TPSA) is 347 Å². The molecule has 0 aliphatic rings. The van der Waals surface area contributed by atoms with Crippen molar-refractivity contribution in [2.24, 2.45) is 0 Å². The van der Waals surface area contributed by atoms with Crippen molar-refractivity contribution >= 4 is 34.8 Å². The number of aryl methyl sites for hydroxylation is 2. The number of nitrogens with one attached hydrogen (secondary N) is 3. The van der Waals surface area contributed by atoms with Crippen molar-refractivity contribution in [2.45, 2.75) is 47.8 Å². The lowest BCUT2D eigenvalue weighted by atomic mass is 10.1. The number of aromatic nitrogens is 3. The largest absolute Gasteiger partial charge is 0.508 e. The van der Waals surface area contributed by atoms with Crippen LogP contribution >= 0.6 is 0 Å². The van der Waals surface area contributed by atoms with Gasteiger partial charge in [-0.2, -0.15) is 0 Å². The second-order valence-corrected chi connectivity index (χ2v) is 20.7. The number of aromatic hydroxyl groups is 2. The van der Waals surface area contributed by atoms with Gasteiger partial charge in [-0.25, -0.2) is 0 Å². The molecule has 24 heteroatoms.